The average Bonchev–Trinajstić information content (AvgIpc) is 2.77. The van der Waals surface area contributed by atoms with Gasteiger partial charge in [-0.3, -0.25) is 0 Å². The van der Waals surface area contributed by atoms with Crippen LogP contribution in [-0.4, -0.2) is 11.1 Å². The molecule has 0 fully saturated rings. The standard InChI is InChI=1S/C12H9ClO3S/c13-7-8-5-6-11(17-8)16-10-4-2-1-3-9(10)12(14)15/h1-6H,7H2,(H,14,15). The van der Waals surface area contributed by atoms with Crippen LogP contribution in [0.25, 0.3) is 0 Å². The van der Waals surface area contributed by atoms with E-state index in [9.17, 15) is 4.79 Å². The molecule has 0 saturated heterocycles. The van der Waals surface area contributed by atoms with Gasteiger partial charge in [0.15, 0.2) is 5.06 Å². The fourth-order valence-corrected chi connectivity index (χ4v) is 2.29. The Bertz CT molecular complexity index is 536. The molecule has 0 saturated carbocycles. The first-order valence-corrected chi connectivity index (χ1v) is 6.20. The second-order valence-electron chi connectivity index (χ2n) is 3.26. The number of halogens is 1. The zero-order valence-corrected chi connectivity index (χ0v) is 10.3. The quantitative estimate of drug-likeness (QED) is 0.853. The molecule has 0 bridgehead atoms. The molecule has 0 aliphatic heterocycles. The predicted octanol–water partition coefficient (Wildman–Crippen LogP) is 3.98. The number of thiophene rings is 1. The third kappa shape index (κ3) is 2.78. The van der Waals surface area contributed by atoms with Gasteiger partial charge in [0.05, 0.1) is 5.88 Å². The summed E-state index contributed by atoms with van der Waals surface area (Å²) < 4.78 is 5.53. The van der Waals surface area contributed by atoms with Gasteiger partial charge in [0.25, 0.3) is 0 Å². The Morgan fingerprint density at radius 1 is 1.29 bits per heavy atom. The maximum atomic E-state index is 11.0. The highest BCUT2D eigenvalue weighted by atomic mass is 35.5. The van der Waals surface area contributed by atoms with Crippen molar-refractivity contribution in [2.24, 2.45) is 0 Å². The summed E-state index contributed by atoms with van der Waals surface area (Å²) in [7, 11) is 0. The van der Waals surface area contributed by atoms with Crippen molar-refractivity contribution in [2.75, 3.05) is 0 Å². The number of benzene rings is 1. The van der Waals surface area contributed by atoms with Crippen LogP contribution >= 0.6 is 22.9 Å². The molecule has 1 aromatic carbocycles. The third-order valence-corrected chi connectivity index (χ3v) is 3.51. The van der Waals surface area contributed by atoms with Gasteiger partial charge in [-0.2, -0.15) is 0 Å². The van der Waals surface area contributed by atoms with Crippen molar-refractivity contribution in [3.05, 3.63) is 46.8 Å². The number of carboxylic acid groups (broad SMARTS) is 1. The zero-order valence-electron chi connectivity index (χ0n) is 8.72. The lowest BCUT2D eigenvalue weighted by Gasteiger charge is -2.05. The fraction of sp³-hybridized carbons (Fsp3) is 0.0833. The highest BCUT2D eigenvalue weighted by Gasteiger charge is 2.11. The largest absolute Gasteiger partial charge is 0.478 e. The lowest BCUT2D eigenvalue weighted by atomic mass is 10.2. The predicted molar refractivity (Wildman–Crippen MR) is 67.4 cm³/mol. The van der Waals surface area contributed by atoms with E-state index in [0.717, 1.165) is 4.88 Å². The summed E-state index contributed by atoms with van der Waals surface area (Å²) in [6, 6.07) is 10.2. The Hall–Kier alpha value is -1.52. The smallest absolute Gasteiger partial charge is 0.339 e. The molecule has 1 heterocycles. The van der Waals surface area contributed by atoms with Crippen molar-refractivity contribution in [2.45, 2.75) is 5.88 Å². The Balaban J connectivity index is 2.26. The second kappa shape index (κ2) is 5.21. The van der Waals surface area contributed by atoms with Gasteiger partial charge in [-0.25, -0.2) is 4.79 Å². The number of ether oxygens (including phenoxy) is 1. The molecule has 0 spiro atoms. The summed E-state index contributed by atoms with van der Waals surface area (Å²) in [5.74, 6) is -0.244. The van der Waals surface area contributed by atoms with Gasteiger partial charge in [-0.05, 0) is 24.3 Å². The highest BCUT2D eigenvalue weighted by molar-refractivity contribution is 7.14. The molecule has 5 heteroatoms. The van der Waals surface area contributed by atoms with Crippen molar-refractivity contribution in [3.8, 4) is 10.8 Å². The number of carboxylic acids is 1. The number of aromatic carboxylic acids is 1. The summed E-state index contributed by atoms with van der Waals surface area (Å²) in [6.45, 7) is 0. The maximum Gasteiger partial charge on any atom is 0.339 e. The van der Waals surface area contributed by atoms with Crippen molar-refractivity contribution in [1.82, 2.24) is 0 Å². The topological polar surface area (TPSA) is 46.5 Å². The van der Waals surface area contributed by atoms with E-state index >= 15 is 0 Å². The van der Waals surface area contributed by atoms with Gasteiger partial charge < -0.3 is 9.84 Å². The number of para-hydroxylation sites is 1. The second-order valence-corrected chi connectivity index (χ2v) is 4.66. The molecule has 17 heavy (non-hydrogen) atoms. The zero-order chi connectivity index (χ0) is 12.3. The number of alkyl halides is 1. The average molecular weight is 269 g/mol. The molecule has 0 amide bonds. The monoisotopic (exact) mass is 268 g/mol. The molecule has 3 nitrogen and oxygen atoms in total. The number of hydrogen-bond donors (Lipinski definition) is 1. The molecular weight excluding hydrogens is 260 g/mol. The van der Waals surface area contributed by atoms with E-state index in [1.807, 2.05) is 6.07 Å². The molecule has 1 aromatic heterocycles. The Kier molecular flexibility index (Phi) is 3.66. The number of hydrogen-bond acceptors (Lipinski definition) is 3. The van der Waals surface area contributed by atoms with E-state index < -0.39 is 5.97 Å². The fourth-order valence-electron chi connectivity index (χ4n) is 1.33. The Morgan fingerprint density at radius 3 is 2.71 bits per heavy atom. The molecule has 0 radical (unpaired) electrons. The molecule has 2 aromatic rings. The van der Waals surface area contributed by atoms with Crippen LogP contribution in [0.4, 0.5) is 0 Å². The molecule has 2 rings (SSSR count). The number of carbonyl (C=O) groups is 1. The SMILES string of the molecule is O=C(O)c1ccccc1Oc1ccc(CCl)s1. The van der Waals surface area contributed by atoms with Crippen LogP contribution in [0.15, 0.2) is 36.4 Å². The van der Waals surface area contributed by atoms with Gasteiger partial charge >= 0.3 is 5.97 Å². The number of rotatable bonds is 4. The maximum absolute atomic E-state index is 11.0. The van der Waals surface area contributed by atoms with Gasteiger partial charge in [0.1, 0.15) is 11.3 Å². The van der Waals surface area contributed by atoms with Crippen LogP contribution < -0.4 is 4.74 Å². The van der Waals surface area contributed by atoms with Gasteiger partial charge in [0.2, 0.25) is 0 Å². The van der Waals surface area contributed by atoms with Gasteiger partial charge in [0, 0.05) is 4.88 Å². The van der Waals surface area contributed by atoms with E-state index in [2.05, 4.69) is 0 Å². The van der Waals surface area contributed by atoms with Crippen LogP contribution in [-0.2, 0) is 5.88 Å². The molecule has 88 valence electrons. The summed E-state index contributed by atoms with van der Waals surface area (Å²) >= 11 is 7.09. The first kappa shape index (κ1) is 12.0. The molecular formula is C12H9ClO3S. The van der Waals surface area contributed by atoms with Crippen molar-refractivity contribution >= 4 is 28.9 Å². The van der Waals surface area contributed by atoms with Crippen LogP contribution in [0.3, 0.4) is 0 Å². The van der Waals surface area contributed by atoms with E-state index in [4.69, 9.17) is 21.4 Å². The first-order chi connectivity index (χ1) is 8.20. The Morgan fingerprint density at radius 2 is 2.06 bits per heavy atom. The summed E-state index contributed by atoms with van der Waals surface area (Å²) in [4.78, 5) is 12.0. The van der Waals surface area contributed by atoms with E-state index in [1.165, 1.54) is 17.4 Å². The van der Waals surface area contributed by atoms with Crippen molar-refractivity contribution in [3.63, 3.8) is 0 Å². The highest BCUT2D eigenvalue weighted by Crippen LogP contribution is 2.31. The van der Waals surface area contributed by atoms with Crippen LogP contribution in [0.5, 0.6) is 10.8 Å². The lowest BCUT2D eigenvalue weighted by Crippen LogP contribution is -1.98. The van der Waals surface area contributed by atoms with Gasteiger partial charge in [-0.1, -0.05) is 12.1 Å². The summed E-state index contributed by atoms with van der Waals surface area (Å²) in [5.41, 5.74) is 0.147. The minimum atomic E-state index is -1.00. The van der Waals surface area contributed by atoms with Crippen LogP contribution in [0.1, 0.15) is 15.2 Å². The van der Waals surface area contributed by atoms with E-state index in [1.54, 1.807) is 24.3 Å². The molecule has 0 atom stereocenters. The minimum Gasteiger partial charge on any atom is -0.478 e. The van der Waals surface area contributed by atoms with Crippen LogP contribution in [0, 0.1) is 0 Å². The Labute approximate surface area is 107 Å². The van der Waals surface area contributed by atoms with Crippen molar-refractivity contribution in [1.29, 1.82) is 0 Å². The lowest BCUT2D eigenvalue weighted by molar-refractivity contribution is 0.0694. The minimum absolute atomic E-state index is 0.147. The van der Waals surface area contributed by atoms with Crippen LogP contribution in [0.2, 0.25) is 0 Å². The van der Waals surface area contributed by atoms with Gasteiger partial charge in [-0.15, -0.1) is 22.9 Å². The first-order valence-electron chi connectivity index (χ1n) is 4.85. The summed E-state index contributed by atoms with van der Waals surface area (Å²) in [5, 5.41) is 9.63. The third-order valence-electron chi connectivity index (χ3n) is 2.10. The normalized spacial score (nSPS) is 10.2. The van der Waals surface area contributed by atoms with E-state index in [-0.39, 0.29) is 5.56 Å². The molecule has 0 unspecified atom stereocenters. The van der Waals surface area contributed by atoms with E-state index in [0.29, 0.717) is 16.7 Å². The molecule has 0 aliphatic rings. The molecule has 0 aliphatic carbocycles. The summed E-state index contributed by atoms with van der Waals surface area (Å²) in [6.07, 6.45) is 0. The molecule has 1 N–H and O–H groups in total. The van der Waals surface area contributed by atoms with Crippen molar-refractivity contribution < 1.29 is 14.6 Å².